The van der Waals surface area contributed by atoms with E-state index in [1.165, 1.54) is 34.1 Å². The number of anilines is 1. The zero-order valence-electron chi connectivity index (χ0n) is 16.4. The molecule has 1 aromatic heterocycles. The van der Waals surface area contributed by atoms with E-state index < -0.39 is 34.8 Å². The highest BCUT2D eigenvalue weighted by molar-refractivity contribution is 5.95. The maximum Gasteiger partial charge on any atom is 0.418 e. The number of halogens is 4. The predicted octanol–water partition coefficient (Wildman–Crippen LogP) is 3.28. The minimum atomic E-state index is -4.68. The van der Waals surface area contributed by atoms with Crippen molar-refractivity contribution in [3.8, 4) is 0 Å². The molecular weight excluding hydrogens is 418 g/mol. The summed E-state index contributed by atoms with van der Waals surface area (Å²) in [6.07, 6.45) is -2.83. The molecule has 10 heteroatoms. The first-order valence-electron chi connectivity index (χ1n) is 9.70. The topological polar surface area (TPSA) is 62.7 Å². The molecule has 1 aromatic carbocycles. The number of hydrogen-bond acceptors (Lipinski definition) is 4. The van der Waals surface area contributed by atoms with E-state index in [0.29, 0.717) is 18.5 Å². The van der Waals surface area contributed by atoms with Crippen LogP contribution >= 0.6 is 0 Å². The van der Waals surface area contributed by atoms with Crippen molar-refractivity contribution >= 4 is 17.5 Å². The fourth-order valence-electron chi connectivity index (χ4n) is 3.95. The van der Waals surface area contributed by atoms with Crippen LogP contribution in [0.25, 0.3) is 0 Å². The Balaban J connectivity index is 1.48. The quantitative estimate of drug-likeness (QED) is 0.677. The van der Waals surface area contributed by atoms with Crippen molar-refractivity contribution in [1.82, 2.24) is 9.88 Å². The van der Waals surface area contributed by atoms with Crippen molar-refractivity contribution in [2.75, 3.05) is 31.1 Å². The number of ether oxygens (including phenoxy) is 1. The van der Waals surface area contributed by atoms with E-state index in [-0.39, 0.29) is 32.1 Å². The summed E-state index contributed by atoms with van der Waals surface area (Å²) >= 11 is 0. The number of pyridine rings is 1. The normalized spacial score (nSPS) is 19.0. The largest absolute Gasteiger partial charge is 0.418 e. The monoisotopic (exact) mass is 437 g/mol. The minimum absolute atomic E-state index is 0.163. The lowest BCUT2D eigenvalue weighted by Crippen LogP contribution is -2.59. The van der Waals surface area contributed by atoms with Gasteiger partial charge in [-0.15, -0.1) is 0 Å². The second-order valence-electron chi connectivity index (χ2n) is 7.62. The molecule has 6 nitrogen and oxygen atoms in total. The van der Waals surface area contributed by atoms with Gasteiger partial charge in [0.05, 0.1) is 17.7 Å². The Morgan fingerprint density at radius 2 is 1.77 bits per heavy atom. The predicted molar refractivity (Wildman–Crippen MR) is 102 cm³/mol. The lowest BCUT2D eigenvalue weighted by Gasteiger charge is -2.47. The summed E-state index contributed by atoms with van der Waals surface area (Å²) in [5, 5.41) is 0. The third-order valence-electron chi connectivity index (χ3n) is 5.67. The summed E-state index contributed by atoms with van der Waals surface area (Å²) in [7, 11) is 0. The molecule has 2 amide bonds. The average molecular weight is 437 g/mol. The average Bonchev–Trinajstić information content (AvgIpc) is 2.76. The van der Waals surface area contributed by atoms with E-state index in [1.807, 2.05) is 0 Å². The van der Waals surface area contributed by atoms with Crippen molar-refractivity contribution in [3.63, 3.8) is 0 Å². The Morgan fingerprint density at radius 3 is 2.42 bits per heavy atom. The van der Waals surface area contributed by atoms with E-state index in [9.17, 15) is 27.2 Å². The summed E-state index contributed by atoms with van der Waals surface area (Å²) in [5.74, 6) is -1.47. The lowest BCUT2D eigenvalue weighted by molar-refractivity contribution is -0.144. The van der Waals surface area contributed by atoms with Crippen molar-refractivity contribution in [3.05, 3.63) is 59.7 Å². The molecule has 31 heavy (non-hydrogen) atoms. The molecule has 164 valence electrons. The number of piperidine rings is 1. The molecule has 3 heterocycles. The van der Waals surface area contributed by atoms with E-state index >= 15 is 0 Å². The Bertz CT molecular complexity index is 986. The van der Waals surface area contributed by atoms with Crippen molar-refractivity contribution in [1.29, 1.82) is 0 Å². The van der Waals surface area contributed by atoms with Crippen LogP contribution in [-0.4, -0.2) is 53.5 Å². The molecule has 2 saturated heterocycles. The molecule has 1 spiro atoms. The van der Waals surface area contributed by atoms with Gasteiger partial charge in [0, 0.05) is 25.0 Å². The number of nitrogens with zero attached hydrogens (tertiary/aromatic N) is 3. The third-order valence-corrected chi connectivity index (χ3v) is 5.67. The molecule has 0 saturated carbocycles. The number of likely N-dealkylation sites (tertiary alicyclic amines) is 1. The van der Waals surface area contributed by atoms with Gasteiger partial charge in [0.2, 0.25) is 0 Å². The molecular formula is C21H19F4N3O3. The molecule has 2 aromatic rings. The fourth-order valence-corrected chi connectivity index (χ4v) is 3.95. The van der Waals surface area contributed by atoms with Gasteiger partial charge in [0.15, 0.2) is 0 Å². The van der Waals surface area contributed by atoms with Gasteiger partial charge < -0.3 is 14.5 Å². The molecule has 0 atom stereocenters. The minimum Gasteiger partial charge on any atom is -0.363 e. The van der Waals surface area contributed by atoms with Crippen LogP contribution in [0, 0.1) is 5.82 Å². The van der Waals surface area contributed by atoms with Gasteiger partial charge in [0.25, 0.3) is 11.8 Å². The molecule has 0 radical (unpaired) electrons. The molecule has 2 aliphatic rings. The molecule has 0 unspecified atom stereocenters. The van der Waals surface area contributed by atoms with Crippen LogP contribution in [0.5, 0.6) is 0 Å². The number of carbonyl (C=O) groups excluding carboxylic acids is 2. The first-order valence-corrected chi connectivity index (χ1v) is 9.70. The van der Waals surface area contributed by atoms with Gasteiger partial charge >= 0.3 is 6.18 Å². The first kappa shape index (κ1) is 21.2. The maximum absolute atomic E-state index is 13.2. The lowest BCUT2D eigenvalue weighted by atomic mass is 9.88. The second kappa shape index (κ2) is 7.92. The van der Waals surface area contributed by atoms with Crippen molar-refractivity contribution in [2.45, 2.75) is 24.6 Å². The Morgan fingerprint density at radius 1 is 1.10 bits per heavy atom. The van der Waals surface area contributed by atoms with Crippen LogP contribution in [-0.2, 0) is 15.7 Å². The van der Waals surface area contributed by atoms with Crippen LogP contribution in [0.3, 0.4) is 0 Å². The van der Waals surface area contributed by atoms with E-state index in [2.05, 4.69) is 4.98 Å². The Kier molecular flexibility index (Phi) is 5.42. The van der Waals surface area contributed by atoms with Gasteiger partial charge in [-0.25, -0.2) is 4.39 Å². The summed E-state index contributed by atoms with van der Waals surface area (Å²) in [4.78, 5) is 31.6. The number of benzene rings is 1. The zero-order chi connectivity index (χ0) is 22.2. The highest BCUT2D eigenvalue weighted by Gasteiger charge is 2.44. The zero-order valence-corrected chi connectivity index (χ0v) is 16.4. The van der Waals surface area contributed by atoms with Gasteiger partial charge in [0.1, 0.15) is 18.1 Å². The molecule has 0 N–H and O–H groups in total. The Labute approximate surface area is 175 Å². The highest BCUT2D eigenvalue weighted by atomic mass is 19.4. The van der Waals surface area contributed by atoms with Gasteiger partial charge in [-0.05, 0) is 49.2 Å². The van der Waals surface area contributed by atoms with Crippen LogP contribution in [0.2, 0.25) is 0 Å². The number of morpholine rings is 1. The van der Waals surface area contributed by atoms with Crippen LogP contribution in [0.1, 0.15) is 28.9 Å². The number of amides is 2. The molecule has 2 aliphatic heterocycles. The second-order valence-corrected chi connectivity index (χ2v) is 7.62. The number of alkyl halides is 3. The van der Waals surface area contributed by atoms with Crippen LogP contribution < -0.4 is 4.90 Å². The van der Waals surface area contributed by atoms with E-state index in [0.717, 1.165) is 18.3 Å². The van der Waals surface area contributed by atoms with Gasteiger partial charge in [-0.3, -0.25) is 14.6 Å². The van der Waals surface area contributed by atoms with Crippen LogP contribution in [0.15, 0.2) is 42.6 Å². The van der Waals surface area contributed by atoms with Gasteiger partial charge in [-0.1, -0.05) is 0 Å². The Hall–Kier alpha value is -3.01. The van der Waals surface area contributed by atoms with E-state index in [1.54, 1.807) is 0 Å². The summed E-state index contributed by atoms with van der Waals surface area (Å²) < 4.78 is 58.7. The van der Waals surface area contributed by atoms with Gasteiger partial charge in [-0.2, -0.15) is 13.2 Å². The number of rotatable bonds is 2. The molecule has 4 rings (SSSR count). The van der Waals surface area contributed by atoms with Crippen molar-refractivity contribution < 1.29 is 31.9 Å². The summed E-state index contributed by atoms with van der Waals surface area (Å²) in [5.41, 5.74) is -1.88. The van der Waals surface area contributed by atoms with Crippen LogP contribution in [0.4, 0.5) is 23.2 Å². The third kappa shape index (κ3) is 4.25. The number of aromatic nitrogens is 1. The smallest absolute Gasteiger partial charge is 0.363 e. The van der Waals surface area contributed by atoms with E-state index in [4.69, 9.17) is 4.74 Å². The SMILES string of the molecule is O=C(c1ncccc1C(F)(F)F)N1CCC2(CC1)CN(c1ccc(F)cc1)C(=O)CO2. The molecule has 0 bridgehead atoms. The maximum atomic E-state index is 13.2. The molecule has 2 fully saturated rings. The number of hydrogen-bond donors (Lipinski definition) is 0. The highest BCUT2D eigenvalue weighted by Crippen LogP contribution is 2.35. The number of carbonyl (C=O) groups is 2. The summed E-state index contributed by atoms with van der Waals surface area (Å²) in [6.45, 7) is 0.386. The first-order chi connectivity index (χ1) is 14.7. The van der Waals surface area contributed by atoms with Crippen molar-refractivity contribution in [2.24, 2.45) is 0 Å². The fraction of sp³-hybridized carbons (Fsp3) is 0.381. The summed E-state index contributed by atoms with van der Waals surface area (Å²) in [6, 6.07) is 7.51. The molecule has 0 aliphatic carbocycles. The standard InChI is InChI=1S/C21H19F4N3O3/c22-14-3-5-15(6-4-14)28-13-20(31-12-17(28)29)7-10-27(11-8-20)19(30)18-16(21(23,24)25)2-1-9-26-18/h1-6,9H,7-8,10-13H2.